The highest BCUT2D eigenvalue weighted by Crippen LogP contribution is 2.24. The van der Waals surface area contributed by atoms with Crippen molar-refractivity contribution in [2.24, 2.45) is 11.7 Å². The Balaban J connectivity index is 2.31. The quantitative estimate of drug-likeness (QED) is 0.827. The number of carboxylic acid groups (broad SMARTS) is 1. The summed E-state index contributed by atoms with van der Waals surface area (Å²) in [4.78, 5) is 22.1. The molecule has 7 nitrogen and oxygen atoms in total. The minimum absolute atomic E-state index is 0.0367. The fraction of sp³-hybridized carbons (Fsp3) is 0.385. The number of nitrogens with two attached hydrogens (primary N) is 1. The molecule has 1 aromatic rings. The van der Waals surface area contributed by atoms with Gasteiger partial charge in [0.15, 0.2) is 0 Å². The first-order valence-electron chi connectivity index (χ1n) is 6.45. The van der Waals surface area contributed by atoms with E-state index in [-0.39, 0.29) is 17.0 Å². The third kappa shape index (κ3) is 3.22. The van der Waals surface area contributed by atoms with E-state index in [0.717, 1.165) is 6.07 Å². The first-order chi connectivity index (χ1) is 9.82. The Labute approximate surface area is 122 Å². The highest BCUT2D eigenvalue weighted by Gasteiger charge is 2.32. The molecule has 0 radical (unpaired) electrons. The number of nitrogens with zero attached hydrogens (tertiary/aromatic N) is 1. The number of rotatable bonds is 4. The molecule has 0 bridgehead atoms. The average molecular weight is 312 g/mol. The molecule has 3 N–H and O–H groups in total. The lowest BCUT2D eigenvalue weighted by molar-refractivity contribution is -0.122. The number of aromatic carboxylic acids is 1. The first-order valence-corrected chi connectivity index (χ1v) is 7.89. The van der Waals surface area contributed by atoms with Crippen LogP contribution in [0, 0.1) is 5.92 Å². The molecule has 1 aliphatic rings. The Morgan fingerprint density at radius 2 is 2.05 bits per heavy atom. The van der Waals surface area contributed by atoms with Gasteiger partial charge < -0.3 is 10.8 Å². The Hall–Kier alpha value is -1.93. The van der Waals surface area contributed by atoms with E-state index >= 15 is 0 Å². The van der Waals surface area contributed by atoms with E-state index in [1.165, 1.54) is 22.5 Å². The van der Waals surface area contributed by atoms with E-state index < -0.39 is 27.8 Å². The van der Waals surface area contributed by atoms with E-state index in [9.17, 15) is 18.0 Å². The van der Waals surface area contributed by atoms with Crippen LogP contribution in [0.2, 0.25) is 0 Å². The van der Waals surface area contributed by atoms with Gasteiger partial charge >= 0.3 is 5.97 Å². The summed E-state index contributed by atoms with van der Waals surface area (Å²) in [5.74, 6) is -2.22. The maximum Gasteiger partial charge on any atom is 0.335 e. The summed E-state index contributed by atoms with van der Waals surface area (Å²) in [6, 6.07) is 5.16. The smallest absolute Gasteiger partial charge is 0.335 e. The van der Waals surface area contributed by atoms with Gasteiger partial charge in [-0.1, -0.05) is 6.07 Å². The van der Waals surface area contributed by atoms with Crippen LogP contribution < -0.4 is 5.73 Å². The number of hydrogen-bond acceptors (Lipinski definition) is 4. The molecule has 0 aliphatic carbocycles. The third-order valence-corrected chi connectivity index (χ3v) is 5.37. The molecule has 0 aromatic heterocycles. The van der Waals surface area contributed by atoms with Crippen molar-refractivity contribution in [3.63, 3.8) is 0 Å². The number of carbonyl (C=O) groups is 2. The summed E-state index contributed by atoms with van der Waals surface area (Å²) in [6.07, 6.45) is 1.11. The van der Waals surface area contributed by atoms with Crippen molar-refractivity contribution in [2.75, 3.05) is 13.1 Å². The zero-order valence-electron chi connectivity index (χ0n) is 11.2. The molecule has 1 saturated heterocycles. The number of amides is 1. The highest BCUT2D eigenvalue weighted by molar-refractivity contribution is 7.89. The molecule has 1 aliphatic heterocycles. The monoisotopic (exact) mass is 312 g/mol. The van der Waals surface area contributed by atoms with Crippen molar-refractivity contribution in [3.8, 4) is 0 Å². The molecule has 1 aromatic carbocycles. The number of primary amides is 1. The van der Waals surface area contributed by atoms with Crippen molar-refractivity contribution >= 4 is 21.9 Å². The zero-order valence-corrected chi connectivity index (χ0v) is 12.0. The normalized spacial score (nSPS) is 20.1. The first kappa shape index (κ1) is 15.5. The SMILES string of the molecule is NC(=O)C1CCCN(S(=O)(=O)c2cccc(C(=O)O)c2)C1. The van der Waals surface area contributed by atoms with Crippen LogP contribution in [0.3, 0.4) is 0 Å². The summed E-state index contributed by atoms with van der Waals surface area (Å²) in [5, 5.41) is 8.93. The van der Waals surface area contributed by atoms with Gasteiger partial charge in [0.25, 0.3) is 0 Å². The fourth-order valence-electron chi connectivity index (χ4n) is 2.33. The second kappa shape index (κ2) is 5.82. The van der Waals surface area contributed by atoms with Crippen LogP contribution in [0.1, 0.15) is 23.2 Å². The molecule has 1 heterocycles. The summed E-state index contributed by atoms with van der Waals surface area (Å²) < 4.78 is 26.2. The lowest BCUT2D eigenvalue weighted by atomic mass is 9.99. The van der Waals surface area contributed by atoms with Crippen molar-refractivity contribution in [1.82, 2.24) is 4.31 Å². The van der Waals surface area contributed by atoms with Crippen LogP contribution in [0.4, 0.5) is 0 Å². The van der Waals surface area contributed by atoms with Crippen LogP contribution in [-0.2, 0) is 14.8 Å². The Morgan fingerprint density at radius 1 is 1.33 bits per heavy atom. The lowest BCUT2D eigenvalue weighted by Gasteiger charge is -2.30. The minimum atomic E-state index is -3.82. The summed E-state index contributed by atoms with van der Waals surface area (Å²) >= 11 is 0. The Bertz CT molecular complexity index is 671. The third-order valence-electron chi connectivity index (χ3n) is 3.51. The fourth-order valence-corrected chi connectivity index (χ4v) is 3.90. The van der Waals surface area contributed by atoms with Gasteiger partial charge in [0.1, 0.15) is 0 Å². The van der Waals surface area contributed by atoms with Gasteiger partial charge in [-0.25, -0.2) is 13.2 Å². The predicted molar refractivity (Wildman–Crippen MR) is 74.1 cm³/mol. The standard InChI is InChI=1S/C13H16N2O5S/c14-12(16)10-4-2-6-15(8-10)21(19,20)11-5-1-3-9(7-11)13(17)18/h1,3,5,7,10H,2,4,6,8H2,(H2,14,16)(H,17,18). The predicted octanol–water partition coefficient (Wildman–Crippen LogP) is 0.271. The van der Waals surface area contributed by atoms with Crippen molar-refractivity contribution in [2.45, 2.75) is 17.7 Å². The van der Waals surface area contributed by atoms with Crippen molar-refractivity contribution < 1.29 is 23.1 Å². The van der Waals surface area contributed by atoms with Gasteiger partial charge in [0.05, 0.1) is 16.4 Å². The van der Waals surface area contributed by atoms with Crippen LogP contribution in [-0.4, -0.2) is 42.8 Å². The zero-order chi connectivity index (χ0) is 15.6. The topological polar surface area (TPSA) is 118 Å². The van der Waals surface area contributed by atoms with Crippen LogP contribution >= 0.6 is 0 Å². The average Bonchev–Trinajstić information content (AvgIpc) is 2.47. The second-order valence-electron chi connectivity index (χ2n) is 4.94. The molecule has 114 valence electrons. The van der Waals surface area contributed by atoms with Gasteiger partial charge in [-0.2, -0.15) is 4.31 Å². The number of hydrogen-bond donors (Lipinski definition) is 2. The summed E-state index contributed by atoms with van der Waals surface area (Å²) in [7, 11) is -3.82. The molecule has 1 unspecified atom stereocenters. The Kier molecular flexibility index (Phi) is 4.29. The molecule has 1 fully saturated rings. The summed E-state index contributed by atoms with van der Waals surface area (Å²) in [5.41, 5.74) is 5.14. The molecule has 2 rings (SSSR count). The van der Waals surface area contributed by atoms with Gasteiger partial charge in [-0.15, -0.1) is 0 Å². The lowest BCUT2D eigenvalue weighted by Crippen LogP contribution is -2.44. The van der Waals surface area contributed by atoms with Crippen LogP contribution in [0.15, 0.2) is 29.2 Å². The molecule has 1 atom stereocenters. The number of sulfonamides is 1. The molecule has 21 heavy (non-hydrogen) atoms. The summed E-state index contributed by atoms with van der Waals surface area (Å²) in [6.45, 7) is 0.332. The van der Waals surface area contributed by atoms with Crippen LogP contribution in [0.5, 0.6) is 0 Å². The van der Waals surface area contributed by atoms with Crippen LogP contribution in [0.25, 0.3) is 0 Å². The molecular weight excluding hydrogens is 296 g/mol. The van der Waals surface area contributed by atoms with E-state index in [2.05, 4.69) is 0 Å². The molecule has 1 amide bonds. The largest absolute Gasteiger partial charge is 0.478 e. The maximum atomic E-state index is 12.5. The van der Waals surface area contributed by atoms with E-state index in [1.807, 2.05) is 0 Å². The number of carbonyl (C=O) groups excluding carboxylic acids is 1. The Morgan fingerprint density at radius 3 is 2.67 bits per heavy atom. The number of benzene rings is 1. The van der Waals surface area contributed by atoms with Crippen molar-refractivity contribution in [3.05, 3.63) is 29.8 Å². The van der Waals surface area contributed by atoms with Gasteiger partial charge in [0.2, 0.25) is 15.9 Å². The number of piperidine rings is 1. The minimum Gasteiger partial charge on any atom is -0.478 e. The van der Waals surface area contributed by atoms with Gasteiger partial charge in [-0.3, -0.25) is 4.79 Å². The number of carboxylic acids is 1. The van der Waals surface area contributed by atoms with E-state index in [1.54, 1.807) is 0 Å². The highest BCUT2D eigenvalue weighted by atomic mass is 32.2. The molecule has 0 spiro atoms. The second-order valence-corrected chi connectivity index (χ2v) is 6.88. The molecule has 8 heteroatoms. The van der Waals surface area contributed by atoms with E-state index in [4.69, 9.17) is 10.8 Å². The molecular formula is C13H16N2O5S. The van der Waals surface area contributed by atoms with E-state index in [0.29, 0.717) is 19.4 Å². The van der Waals surface area contributed by atoms with Gasteiger partial charge in [0, 0.05) is 13.1 Å². The van der Waals surface area contributed by atoms with Crippen molar-refractivity contribution in [1.29, 1.82) is 0 Å². The van der Waals surface area contributed by atoms with Gasteiger partial charge in [-0.05, 0) is 31.0 Å². The molecule has 0 saturated carbocycles. The maximum absolute atomic E-state index is 12.5.